The number of hydrogen-bond donors (Lipinski definition) is 1. The Labute approximate surface area is 112 Å². The molecule has 0 amide bonds. The first-order valence-corrected chi connectivity index (χ1v) is 6.08. The molecule has 0 aliphatic heterocycles. The minimum absolute atomic E-state index is 0.543. The van der Waals surface area contributed by atoms with Gasteiger partial charge < -0.3 is 5.32 Å². The van der Waals surface area contributed by atoms with E-state index in [0.29, 0.717) is 17.9 Å². The van der Waals surface area contributed by atoms with Crippen LogP contribution in [0.1, 0.15) is 22.5 Å². The molecule has 19 heavy (non-hydrogen) atoms. The van der Waals surface area contributed by atoms with Crippen LogP contribution in [-0.4, -0.2) is 26.5 Å². The molecule has 0 aliphatic rings. The molecule has 2 aromatic rings. The zero-order chi connectivity index (χ0) is 13.8. The van der Waals surface area contributed by atoms with Crippen LogP contribution in [0.15, 0.2) is 12.3 Å². The Morgan fingerprint density at radius 1 is 1.37 bits per heavy atom. The largest absolute Gasteiger partial charge is 0.367 e. The second-order valence-electron chi connectivity index (χ2n) is 4.40. The van der Waals surface area contributed by atoms with Crippen LogP contribution < -0.4 is 5.32 Å². The second kappa shape index (κ2) is 5.48. The molecule has 98 valence electrons. The molecule has 0 atom stereocenters. The van der Waals surface area contributed by atoms with Crippen LogP contribution in [0.3, 0.4) is 0 Å². The normalized spacial score (nSPS) is 10.2. The van der Waals surface area contributed by atoms with E-state index < -0.39 is 0 Å². The Balaban J connectivity index is 2.04. The van der Waals surface area contributed by atoms with Gasteiger partial charge in [0.15, 0.2) is 5.82 Å². The van der Waals surface area contributed by atoms with Crippen molar-refractivity contribution >= 4 is 5.82 Å². The summed E-state index contributed by atoms with van der Waals surface area (Å²) in [5.74, 6) is 0.543. The van der Waals surface area contributed by atoms with Gasteiger partial charge in [-0.1, -0.05) is 0 Å². The lowest BCUT2D eigenvalue weighted by Gasteiger charge is -2.08. The Hall–Kier alpha value is -2.42. The SMILES string of the molecule is Cc1nnc(NCCc2ccn(C)n2)c(C#N)c1C. The summed E-state index contributed by atoms with van der Waals surface area (Å²) < 4.78 is 1.77. The van der Waals surface area contributed by atoms with Crippen molar-refractivity contribution in [3.63, 3.8) is 0 Å². The Morgan fingerprint density at radius 3 is 2.79 bits per heavy atom. The Bertz CT molecular complexity index is 623. The number of rotatable bonds is 4. The van der Waals surface area contributed by atoms with E-state index in [0.717, 1.165) is 23.4 Å². The first-order chi connectivity index (χ1) is 9.11. The van der Waals surface area contributed by atoms with Crippen LogP contribution >= 0.6 is 0 Å². The summed E-state index contributed by atoms with van der Waals surface area (Å²) in [4.78, 5) is 0. The summed E-state index contributed by atoms with van der Waals surface area (Å²) in [6, 6.07) is 4.14. The maximum Gasteiger partial charge on any atom is 0.166 e. The number of anilines is 1. The summed E-state index contributed by atoms with van der Waals surface area (Å²) in [6.07, 6.45) is 2.69. The molecule has 0 aliphatic carbocycles. The second-order valence-corrected chi connectivity index (χ2v) is 4.40. The lowest BCUT2D eigenvalue weighted by molar-refractivity contribution is 0.741. The van der Waals surface area contributed by atoms with E-state index in [-0.39, 0.29) is 0 Å². The number of nitrogens with zero attached hydrogens (tertiary/aromatic N) is 5. The van der Waals surface area contributed by atoms with Gasteiger partial charge in [-0.3, -0.25) is 4.68 Å². The van der Waals surface area contributed by atoms with Crippen molar-refractivity contribution in [1.29, 1.82) is 5.26 Å². The van der Waals surface area contributed by atoms with Gasteiger partial charge in [0.05, 0.1) is 11.4 Å². The highest BCUT2D eigenvalue weighted by Crippen LogP contribution is 2.16. The van der Waals surface area contributed by atoms with Crippen molar-refractivity contribution in [3.05, 3.63) is 34.8 Å². The van der Waals surface area contributed by atoms with Gasteiger partial charge in [0.2, 0.25) is 0 Å². The fourth-order valence-electron chi connectivity index (χ4n) is 1.77. The molecule has 0 aromatic carbocycles. The maximum absolute atomic E-state index is 9.17. The third kappa shape index (κ3) is 2.88. The van der Waals surface area contributed by atoms with Crippen molar-refractivity contribution in [3.8, 4) is 6.07 Å². The van der Waals surface area contributed by atoms with Gasteiger partial charge in [-0.2, -0.15) is 15.5 Å². The van der Waals surface area contributed by atoms with Crippen LogP contribution in [0, 0.1) is 25.2 Å². The summed E-state index contributed by atoms with van der Waals surface area (Å²) >= 11 is 0. The first kappa shape index (κ1) is 13.0. The average molecular weight is 256 g/mol. The summed E-state index contributed by atoms with van der Waals surface area (Å²) in [5, 5.41) is 24.7. The summed E-state index contributed by atoms with van der Waals surface area (Å²) in [7, 11) is 1.89. The molecule has 0 saturated heterocycles. The Kier molecular flexibility index (Phi) is 3.76. The molecule has 0 spiro atoms. The molecule has 0 radical (unpaired) electrons. The number of aromatic nitrogens is 4. The lowest BCUT2D eigenvalue weighted by Crippen LogP contribution is -2.11. The van der Waals surface area contributed by atoms with Gasteiger partial charge in [-0.25, -0.2) is 0 Å². The number of aryl methyl sites for hydroxylation is 2. The first-order valence-electron chi connectivity index (χ1n) is 6.08. The van der Waals surface area contributed by atoms with E-state index in [2.05, 4.69) is 26.7 Å². The molecular weight excluding hydrogens is 240 g/mol. The zero-order valence-electron chi connectivity index (χ0n) is 11.3. The predicted octanol–water partition coefficient (Wildman–Crippen LogP) is 1.35. The monoisotopic (exact) mass is 256 g/mol. The molecule has 1 N–H and O–H groups in total. The summed E-state index contributed by atoms with van der Waals surface area (Å²) in [5.41, 5.74) is 3.23. The van der Waals surface area contributed by atoms with Gasteiger partial charge in [-0.05, 0) is 25.5 Å². The summed E-state index contributed by atoms with van der Waals surface area (Å²) in [6.45, 7) is 4.40. The predicted molar refractivity (Wildman–Crippen MR) is 71.6 cm³/mol. The lowest BCUT2D eigenvalue weighted by atomic mass is 10.1. The number of nitriles is 1. The van der Waals surface area contributed by atoms with E-state index in [1.807, 2.05) is 33.2 Å². The van der Waals surface area contributed by atoms with Crippen molar-refractivity contribution < 1.29 is 0 Å². The third-order valence-electron chi connectivity index (χ3n) is 3.01. The van der Waals surface area contributed by atoms with Crippen molar-refractivity contribution in [2.45, 2.75) is 20.3 Å². The van der Waals surface area contributed by atoms with Gasteiger partial charge in [0.1, 0.15) is 11.6 Å². The quantitative estimate of drug-likeness (QED) is 0.893. The van der Waals surface area contributed by atoms with Gasteiger partial charge in [-0.15, -0.1) is 5.10 Å². The molecule has 6 nitrogen and oxygen atoms in total. The van der Waals surface area contributed by atoms with Gasteiger partial charge in [0.25, 0.3) is 0 Å². The van der Waals surface area contributed by atoms with Crippen LogP contribution in [0.4, 0.5) is 5.82 Å². The molecule has 6 heteroatoms. The highest BCUT2D eigenvalue weighted by Gasteiger charge is 2.10. The molecule has 2 heterocycles. The fourth-order valence-corrected chi connectivity index (χ4v) is 1.77. The minimum Gasteiger partial charge on any atom is -0.367 e. The molecule has 2 aromatic heterocycles. The highest BCUT2D eigenvalue weighted by molar-refractivity contribution is 5.55. The van der Waals surface area contributed by atoms with E-state index in [1.54, 1.807) is 4.68 Å². The topological polar surface area (TPSA) is 79.4 Å². The van der Waals surface area contributed by atoms with Crippen LogP contribution in [-0.2, 0) is 13.5 Å². The van der Waals surface area contributed by atoms with E-state index in [1.165, 1.54) is 0 Å². The number of hydrogen-bond acceptors (Lipinski definition) is 5. The molecule has 0 fully saturated rings. The standard InChI is InChI=1S/C13H16N6/c1-9-10(2)16-17-13(12(9)8-14)15-6-4-11-5-7-19(3)18-11/h5,7H,4,6H2,1-3H3,(H,15,17). The molecule has 0 unspecified atom stereocenters. The van der Waals surface area contributed by atoms with Crippen LogP contribution in [0.25, 0.3) is 0 Å². The van der Waals surface area contributed by atoms with E-state index in [4.69, 9.17) is 5.26 Å². The maximum atomic E-state index is 9.17. The smallest absolute Gasteiger partial charge is 0.166 e. The van der Waals surface area contributed by atoms with E-state index >= 15 is 0 Å². The molecule has 0 bridgehead atoms. The minimum atomic E-state index is 0.543. The third-order valence-corrected chi connectivity index (χ3v) is 3.01. The molecule has 2 rings (SSSR count). The molecular formula is C13H16N6. The van der Waals surface area contributed by atoms with Crippen molar-refractivity contribution in [1.82, 2.24) is 20.0 Å². The van der Waals surface area contributed by atoms with E-state index in [9.17, 15) is 0 Å². The van der Waals surface area contributed by atoms with Crippen molar-refractivity contribution in [2.75, 3.05) is 11.9 Å². The van der Waals surface area contributed by atoms with Crippen LogP contribution in [0.2, 0.25) is 0 Å². The number of nitrogens with one attached hydrogen (secondary N) is 1. The van der Waals surface area contributed by atoms with Gasteiger partial charge in [0, 0.05) is 26.2 Å². The van der Waals surface area contributed by atoms with Crippen molar-refractivity contribution in [2.24, 2.45) is 7.05 Å². The van der Waals surface area contributed by atoms with Gasteiger partial charge >= 0.3 is 0 Å². The van der Waals surface area contributed by atoms with Crippen LogP contribution in [0.5, 0.6) is 0 Å². The average Bonchev–Trinajstić information content (AvgIpc) is 2.80. The fraction of sp³-hybridized carbons (Fsp3) is 0.385. The molecule has 0 saturated carbocycles. The zero-order valence-corrected chi connectivity index (χ0v) is 11.3. The highest BCUT2D eigenvalue weighted by atomic mass is 15.2. The Morgan fingerprint density at radius 2 is 2.16 bits per heavy atom.